The molecule has 5 nitrogen and oxygen atoms in total. The Kier molecular flexibility index (Phi) is 6.61. The van der Waals surface area contributed by atoms with Crippen LogP contribution in [0.5, 0.6) is 11.6 Å². The minimum absolute atomic E-state index is 0. The predicted octanol–water partition coefficient (Wildman–Crippen LogP) is 6.69. The molecule has 1 N–H and O–H groups in total. The number of nitrogens with zero attached hydrogens (tertiary/aromatic N) is 3. The summed E-state index contributed by atoms with van der Waals surface area (Å²) in [5.41, 5.74) is 2.66. The van der Waals surface area contributed by atoms with Gasteiger partial charge in [0.05, 0.1) is 5.69 Å². The molecule has 0 bridgehead atoms. The van der Waals surface area contributed by atoms with E-state index in [1.807, 2.05) is 36.5 Å². The maximum atomic E-state index is 10.3. The van der Waals surface area contributed by atoms with Crippen molar-refractivity contribution in [3.63, 3.8) is 0 Å². The van der Waals surface area contributed by atoms with Crippen molar-refractivity contribution in [2.75, 3.05) is 0 Å². The van der Waals surface area contributed by atoms with E-state index in [4.69, 9.17) is 9.72 Å². The average molecular weight is 646 g/mol. The summed E-state index contributed by atoms with van der Waals surface area (Å²) in [5, 5.41) is 12.5. The number of aliphatic hydroxyl groups is 1. The third-order valence-electron chi connectivity index (χ3n) is 5.96. The number of fused-ring (bicyclic) bond motifs is 3. The quantitative estimate of drug-likeness (QED) is 0.222. The van der Waals surface area contributed by atoms with Crippen molar-refractivity contribution < 1.29 is 30.9 Å². The van der Waals surface area contributed by atoms with Crippen LogP contribution in [0, 0.1) is 6.07 Å². The summed E-state index contributed by atoms with van der Waals surface area (Å²) in [5.74, 6) is 1.80. The third-order valence-corrected chi connectivity index (χ3v) is 5.96. The van der Waals surface area contributed by atoms with Crippen molar-refractivity contribution in [1.29, 1.82) is 0 Å². The van der Waals surface area contributed by atoms with Crippen LogP contribution in [0.15, 0.2) is 72.9 Å². The zero-order valence-corrected chi connectivity index (χ0v) is 22.7. The molecule has 0 aliphatic rings. The van der Waals surface area contributed by atoms with Gasteiger partial charge in [-0.15, -0.1) is 17.5 Å². The molecule has 0 atom stereocenters. The van der Waals surface area contributed by atoms with Gasteiger partial charge in [-0.3, -0.25) is 0 Å². The van der Waals surface area contributed by atoms with Gasteiger partial charge < -0.3 is 14.4 Å². The Labute approximate surface area is 220 Å². The molecule has 5 aromatic rings. The number of para-hydroxylation sites is 1. The van der Waals surface area contributed by atoms with Gasteiger partial charge in [0.15, 0.2) is 0 Å². The molecule has 0 unspecified atom stereocenters. The molecule has 0 radical (unpaired) electrons. The van der Waals surface area contributed by atoms with Gasteiger partial charge >= 0.3 is 0 Å². The predicted molar refractivity (Wildman–Crippen MR) is 136 cm³/mol. The van der Waals surface area contributed by atoms with Crippen molar-refractivity contribution in [3.05, 3.63) is 90.3 Å². The van der Waals surface area contributed by atoms with Crippen LogP contribution in [0.1, 0.15) is 45.9 Å². The number of rotatable bonds is 4. The first-order valence-corrected chi connectivity index (χ1v) is 11.4. The van der Waals surface area contributed by atoms with Gasteiger partial charge in [0, 0.05) is 44.6 Å². The molecule has 5 rings (SSSR count). The Bertz CT molecular complexity index is 1510. The van der Waals surface area contributed by atoms with Gasteiger partial charge in [-0.1, -0.05) is 50.6 Å². The topological polar surface area (TPSA) is 60.2 Å². The standard InChI is InChI=1S/C29H28N3O2.Pt/c1-28(2,3)19-15-16-30-26(17-19)32-23-10-7-6-9-21(23)22-14-13-20(18-24(22)32)34-27-12-8-11-25(31-27)29(4,5)33;/h6-17,33H,1-5H3;/q-1;. The summed E-state index contributed by atoms with van der Waals surface area (Å²) in [6.45, 7) is 10.0. The first-order valence-electron chi connectivity index (χ1n) is 11.4. The fourth-order valence-electron chi connectivity index (χ4n) is 4.10. The normalized spacial score (nSPS) is 12.1. The maximum absolute atomic E-state index is 10.3. The Morgan fingerprint density at radius 1 is 0.886 bits per heavy atom. The van der Waals surface area contributed by atoms with Crippen molar-refractivity contribution in [1.82, 2.24) is 14.5 Å². The van der Waals surface area contributed by atoms with Gasteiger partial charge in [-0.05, 0) is 54.5 Å². The van der Waals surface area contributed by atoms with Gasteiger partial charge in [-0.2, -0.15) is 6.07 Å². The summed E-state index contributed by atoms with van der Waals surface area (Å²) in [6, 6.07) is 25.3. The third kappa shape index (κ3) is 4.89. The van der Waals surface area contributed by atoms with E-state index in [0.29, 0.717) is 17.3 Å². The number of benzene rings is 2. The molecule has 3 heterocycles. The van der Waals surface area contributed by atoms with Crippen LogP contribution >= 0.6 is 0 Å². The zero-order chi connectivity index (χ0) is 24.1. The summed E-state index contributed by atoms with van der Waals surface area (Å²) in [6.07, 6.45) is 1.86. The molecule has 6 heteroatoms. The zero-order valence-electron chi connectivity index (χ0n) is 20.4. The summed E-state index contributed by atoms with van der Waals surface area (Å²) in [4.78, 5) is 9.18. The van der Waals surface area contributed by atoms with Crippen molar-refractivity contribution in [2.45, 2.75) is 45.6 Å². The van der Waals surface area contributed by atoms with E-state index in [-0.39, 0.29) is 26.5 Å². The smallest absolute Gasteiger partial charge is 0.216 e. The maximum Gasteiger partial charge on any atom is 0.216 e. The Morgan fingerprint density at radius 3 is 2.40 bits per heavy atom. The first-order chi connectivity index (χ1) is 16.1. The molecule has 35 heavy (non-hydrogen) atoms. The number of hydrogen-bond acceptors (Lipinski definition) is 4. The molecule has 0 fully saturated rings. The minimum Gasteiger partial charge on any atom is -0.466 e. The van der Waals surface area contributed by atoms with Crippen molar-refractivity contribution in [2.24, 2.45) is 0 Å². The second kappa shape index (κ2) is 9.22. The average Bonchev–Trinajstić information content (AvgIpc) is 3.12. The molecule has 0 aliphatic heterocycles. The molecular weight excluding hydrogens is 617 g/mol. The first kappa shape index (κ1) is 25.1. The molecule has 2 aromatic carbocycles. The second-order valence-corrected chi connectivity index (χ2v) is 10.1. The molecule has 0 saturated carbocycles. The van der Waals surface area contributed by atoms with E-state index in [1.54, 1.807) is 26.0 Å². The van der Waals surface area contributed by atoms with Gasteiger partial charge in [0.1, 0.15) is 11.4 Å². The van der Waals surface area contributed by atoms with Gasteiger partial charge in [-0.25, -0.2) is 9.97 Å². The van der Waals surface area contributed by atoms with Crippen LogP contribution in [0.4, 0.5) is 0 Å². The molecule has 0 amide bonds. The van der Waals surface area contributed by atoms with Crippen LogP contribution in [0.2, 0.25) is 0 Å². The Hall–Kier alpha value is -3.01. The molecule has 182 valence electrons. The van der Waals surface area contributed by atoms with Crippen LogP contribution < -0.4 is 4.74 Å². The largest absolute Gasteiger partial charge is 0.466 e. The van der Waals surface area contributed by atoms with Crippen molar-refractivity contribution >= 4 is 21.8 Å². The summed E-state index contributed by atoms with van der Waals surface area (Å²) in [7, 11) is 0. The molecule has 0 saturated heterocycles. The fraction of sp³-hybridized carbons (Fsp3) is 0.241. The number of ether oxygens (including phenoxy) is 1. The summed E-state index contributed by atoms with van der Waals surface area (Å²) < 4.78 is 8.21. The molecule has 0 spiro atoms. The Balaban J connectivity index is 0.00000289. The minimum atomic E-state index is -1.05. The number of aromatic nitrogens is 3. The van der Waals surface area contributed by atoms with Crippen LogP contribution in [-0.2, 0) is 32.1 Å². The molecule has 0 aliphatic carbocycles. The van der Waals surface area contributed by atoms with E-state index < -0.39 is 5.60 Å². The Morgan fingerprint density at radius 2 is 1.66 bits per heavy atom. The van der Waals surface area contributed by atoms with Crippen LogP contribution in [-0.4, -0.2) is 19.6 Å². The van der Waals surface area contributed by atoms with Gasteiger partial charge in [0.25, 0.3) is 0 Å². The van der Waals surface area contributed by atoms with Crippen molar-refractivity contribution in [3.8, 4) is 17.4 Å². The number of pyridine rings is 2. The van der Waals surface area contributed by atoms with Gasteiger partial charge in [0.2, 0.25) is 5.88 Å². The van der Waals surface area contributed by atoms with Crippen LogP contribution in [0.3, 0.4) is 0 Å². The fourth-order valence-corrected chi connectivity index (χ4v) is 4.10. The SMILES string of the molecule is CC(C)(C)c1ccnc(-n2c3[c-]c(Oc4cccc(C(C)(C)O)n4)ccc3c3ccccc32)c1.[Pt]. The number of hydrogen-bond donors (Lipinski definition) is 1. The molecule has 3 aromatic heterocycles. The van der Waals surface area contributed by atoms with Crippen LogP contribution in [0.25, 0.3) is 27.6 Å². The second-order valence-electron chi connectivity index (χ2n) is 10.1. The summed E-state index contributed by atoms with van der Waals surface area (Å²) >= 11 is 0. The van der Waals surface area contributed by atoms with E-state index in [1.165, 1.54) is 5.56 Å². The van der Waals surface area contributed by atoms with E-state index in [9.17, 15) is 5.11 Å². The van der Waals surface area contributed by atoms with E-state index in [0.717, 1.165) is 27.6 Å². The molecular formula is C29H28N3O2Pt-. The van der Waals surface area contributed by atoms with E-state index in [2.05, 4.69) is 60.7 Å². The monoisotopic (exact) mass is 645 g/mol. The van der Waals surface area contributed by atoms with E-state index >= 15 is 0 Å².